The second kappa shape index (κ2) is 6.25. The van der Waals surface area contributed by atoms with Gasteiger partial charge in [-0.2, -0.15) is 0 Å². The van der Waals surface area contributed by atoms with Crippen molar-refractivity contribution in [2.24, 2.45) is 0 Å². The van der Waals surface area contributed by atoms with Gasteiger partial charge < -0.3 is 9.64 Å². The molecule has 5 nitrogen and oxygen atoms in total. The maximum absolute atomic E-state index is 11.9. The van der Waals surface area contributed by atoms with E-state index in [0.717, 1.165) is 18.8 Å². The Morgan fingerprint density at radius 1 is 1.26 bits per heavy atom. The van der Waals surface area contributed by atoms with Crippen LogP contribution in [0.3, 0.4) is 0 Å². The summed E-state index contributed by atoms with van der Waals surface area (Å²) in [5.41, 5.74) is 1.57. The smallest absolute Gasteiger partial charge is 0.232 e. The van der Waals surface area contributed by atoms with E-state index in [1.54, 1.807) is 6.07 Å². The van der Waals surface area contributed by atoms with Crippen LogP contribution in [0.1, 0.15) is 13.3 Å². The highest BCUT2D eigenvalue weighted by Crippen LogP contribution is 2.27. The van der Waals surface area contributed by atoms with E-state index in [1.807, 2.05) is 25.1 Å². The summed E-state index contributed by atoms with van der Waals surface area (Å²) in [6, 6.07) is 7.50. The molecule has 0 unspecified atom stereocenters. The maximum Gasteiger partial charge on any atom is 0.232 e. The number of ether oxygens (including phenoxy) is 1. The van der Waals surface area contributed by atoms with Crippen molar-refractivity contribution in [1.29, 1.82) is 0 Å². The molecule has 6 heteroatoms. The van der Waals surface area contributed by atoms with E-state index in [2.05, 4.69) is 9.62 Å². The van der Waals surface area contributed by atoms with E-state index in [1.165, 1.54) is 0 Å². The van der Waals surface area contributed by atoms with Crippen LogP contribution in [0.15, 0.2) is 24.3 Å². The third-order valence-corrected chi connectivity index (χ3v) is 4.47. The highest BCUT2D eigenvalue weighted by molar-refractivity contribution is 7.92. The molecule has 0 amide bonds. The molecule has 1 aromatic rings. The molecule has 1 N–H and O–H groups in total. The summed E-state index contributed by atoms with van der Waals surface area (Å²) in [5, 5.41) is 0. The van der Waals surface area contributed by atoms with E-state index in [-0.39, 0.29) is 5.75 Å². The minimum atomic E-state index is -3.25. The fourth-order valence-corrected chi connectivity index (χ4v) is 3.27. The largest absolute Gasteiger partial charge is 0.378 e. The van der Waals surface area contributed by atoms with E-state index in [4.69, 9.17) is 4.74 Å². The first kappa shape index (κ1) is 14.1. The van der Waals surface area contributed by atoms with Gasteiger partial charge in [-0.25, -0.2) is 8.42 Å². The highest BCUT2D eigenvalue weighted by Gasteiger charge is 2.17. The molecule has 1 aliphatic heterocycles. The third kappa shape index (κ3) is 3.84. The van der Waals surface area contributed by atoms with Crippen LogP contribution in [-0.4, -0.2) is 40.5 Å². The standard InChI is InChI=1S/C13H20N2O3S/c1-2-11-19(16,17)14-12-5-3-4-6-13(12)15-7-9-18-10-8-15/h3-6,14H,2,7-11H2,1H3. The normalized spacial score (nSPS) is 16.4. The topological polar surface area (TPSA) is 58.6 Å². The Labute approximate surface area is 114 Å². The molecule has 1 aliphatic rings. The predicted octanol–water partition coefficient (Wildman–Crippen LogP) is 1.67. The van der Waals surface area contributed by atoms with E-state index >= 15 is 0 Å². The second-order valence-corrected chi connectivity index (χ2v) is 6.38. The lowest BCUT2D eigenvalue weighted by Crippen LogP contribution is -2.36. The Bertz CT molecular complexity index is 510. The van der Waals surface area contributed by atoms with Crippen molar-refractivity contribution in [2.45, 2.75) is 13.3 Å². The van der Waals surface area contributed by atoms with Crippen LogP contribution in [0.5, 0.6) is 0 Å². The van der Waals surface area contributed by atoms with Crippen LogP contribution >= 0.6 is 0 Å². The number of para-hydroxylation sites is 2. The molecule has 1 fully saturated rings. The molecule has 1 heterocycles. The summed E-state index contributed by atoms with van der Waals surface area (Å²) in [5.74, 6) is 0.143. The summed E-state index contributed by atoms with van der Waals surface area (Å²) in [4.78, 5) is 2.15. The Morgan fingerprint density at radius 2 is 1.95 bits per heavy atom. The number of morpholine rings is 1. The van der Waals surface area contributed by atoms with E-state index in [0.29, 0.717) is 25.3 Å². The van der Waals surface area contributed by atoms with Crippen LogP contribution in [0.25, 0.3) is 0 Å². The molecule has 0 bridgehead atoms. The molecule has 0 radical (unpaired) electrons. The lowest BCUT2D eigenvalue weighted by atomic mass is 10.2. The molecular formula is C13H20N2O3S. The van der Waals surface area contributed by atoms with Gasteiger partial charge in [-0.1, -0.05) is 19.1 Å². The van der Waals surface area contributed by atoms with E-state index < -0.39 is 10.0 Å². The average Bonchev–Trinajstić information content (AvgIpc) is 2.40. The summed E-state index contributed by atoms with van der Waals surface area (Å²) in [6.45, 7) is 4.78. The molecule has 0 saturated carbocycles. The van der Waals surface area contributed by atoms with Crippen molar-refractivity contribution < 1.29 is 13.2 Å². The molecule has 0 aliphatic carbocycles. The van der Waals surface area contributed by atoms with Gasteiger partial charge in [0.25, 0.3) is 0 Å². The lowest BCUT2D eigenvalue weighted by Gasteiger charge is -2.30. The number of hydrogen-bond acceptors (Lipinski definition) is 4. The summed E-state index contributed by atoms with van der Waals surface area (Å²) >= 11 is 0. The molecule has 1 saturated heterocycles. The summed E-state index contributed by atoms with van der Waals surface area (Å²) in [6.07, 6.45) is 0.606. The Hall–Kier alpha value is -1.27. The van der Waals surface area contributed by atoms with E-state index in [9.17, 15) is 8.42 Å². The predicted molar refractivity (Wildman–Crippen MR) is 77.2 cm³/mol. The van der Waals surface area contributed by atoms with Crippen molar-refractivity contribution in [1.82, 2.24) is 0 Å². The number of hydrogen-bond donors (Lipinski definition) is 1. The zero-order chi connectivity index (χ0) is 13.7. The second-order valence-electron chi connectivity index (χ2n) is 4.54. The molecule has 106 valence electrons. The molecule has 1 aromatic carbocycles. The fraction of sp³-hybridized carbons (Fsp3) is 0.538. The zero-order valence-corrected chi connectivity index (χ0v) is 11.9. The van der Waals surface area contributed by atoms with Crippen LogP contribution in [0.4, 0.5) is 11.4 Å². The Morgan fingerprint density at radius 3 is 2.63 bits per heavy atom. The van der Waals surface area contributed by atoms with Crippen molar-refractivity contribution in [2.75, 3.05) is 41.7 Å². The highest BCUT2D eigenvalue weighted by atomic mass is 32.2. The molecule has 0 aromatic heterocycles. The number of sulfonamides is 1. The average molecular weight is 284 g/mol. The molecule has 2 rings (SSSR count). The Kier molecular flexibility index (Phi) is 4.66. The van der Waals surface area contributed by atoms with Crippen molar-refractivity contribution in [3.05, 3.63) is 24.3 Å². The van der Waals surface area contributed by atoms with Crippen molar-refractivity contribution in [3.63, 3.8) is 0 Å². The lowest BCUT2D eigenvalue weighted by molar-refractivity contribution is 0.123. The molecule has 0 spiro atoms. The van der Waals surface area contributed by atoms with Crippen LogP contribution in [0.2, 0.25) is 0 Å². The number of nitrogens with one attached hydrogen (secondary N) is 1. The van der Waals surface area contributed by atoms with Crippen LogP contribution in [-0.2, 0) is 14.8 Å². The molecular weight excluding hydrogens is 264 g/mol. The first-order valence-corrected chi connectivity index (χ1v) is 8.20. The summed E-state index contributed by atoms with van der Waals surface area (Å²) < 4.78 is 31.8. The summed E-state index contributed by atoms with van der Waals surface area (Å²) in [7, 11) is -3.25. The van der Waals surface area contributed by atoms with Gasteiger partial charge in [-0.15, -0.1) is 0 Å². The van der Waals surface area contributed by atoms with Crippen LogP contribution in [0, 0.1) is 0 Å². The van der Waals surface area contributed by atoms with Gasteiger partial charge >= 0.3 is 0 Å². The van der Waals surface area contributed by atoms with Gasteiger partial charge in [-0.3, -0.25) is 4.72 Å². The first-order valence-electron chi connectivity index (χ1n) is 6.54. The number of nitrogens with zero attached hydrogens (tertiary/aromatic N) is 1. The van der Waals surface area contributed by atoms with Gasteiger partial charge in [0.1, 0.15) is 0 Å². The third-order valence-electron chi connectivity index (χ3n) is 2.99. The number of benzene rings is 1. The van der Waals surface area contributed by atoms with Gasteiger partial charge in [0.15, 0.2) is 0 Å². The number of anilines is 2. The minimum absolute atomic E-state index is 0.143. The minimum Gasteiger partial charge on any atom is -0.378 e. The van der Waals surface area contributed by atoms with Gasteiger partial charge in [0.2, 0.25) is 10.0 Å². The molecule has 0 atom stereocenters. The monoisotopic (exact) mass is 284 g/mol. The SMILES string of the molecule is CCCS(=O)(=O)Nc1ccccc1N1CCOCC1. The zero-order valence-electron chi connectivity index (χ0n) is 11.1. The Balaban J connectivity index is 2.20. The fourth-order valence-electron chi connectivity index (χ4n) is 2.13. The first-order chi connectivity index (χ1) is 9.12. The van der Waals surface area contributed by atoms with Gasteiger partial charge in [0.05, 0.1) is 30.3 Å². The van der Waals surface area contributed by atoms with Crippen molar-refractivity contribution >= 4 is 21.4 Å². The number of rotatable bonds is 5. The van der Waals surface area contributed by atoms with Gasteiger partial charge in [0, 0.05) is 13.1 Å². The van der Waals surface area contributed by atoms with Crippen molar-refractivity contribution in [3.8, 4) is 0 Å². The van der Waals surface area contributed by atoms with Crippen LogP contribution < -0.4 is 9.62 Å². The quantitative estimate of drug-likeness (QED) is 0.893. The maximum atomic E-state index is 11.9. The van der Waals surface area contributed by atoms with Gasteiger partial charge in [-0.05, 0) is 18.6 Å². The molecule has 19 heavy (non-hydrogen) atoms.